The largest absolute Gasteiger partial charge is 0.355 e. The molecule has 82 valence electrons. The summed E-state index contributed by atoms with van der Waals surface area (Å²) in [5, 5.41) is 6.84. The zero-order valence-electron chi connectivity index (χ0n) is 9.12. The SMILES string of the molecule is CCOC1(c2ccccc2)CNCCN1. The second kappa shape index (κ2) is 4.75. The molecule has 2 rings (SSSR count). The van der Waals surface area contributed by atoms with Crippen LogP contribution in [0.1, 0.15) is 12.5 Å². The van der Waals surface area contributed by atoms with Crippen LogP contribution in [0.25, 0.3) is 0 Å². The van der Waals surface area contributed by atoms with Gasteiger partial charge in [-0.1, -0.05) is 30.3 Å². The van der Waals surface area contributed by atoms with Crippen LogP contribution in [0.2, 0.25) is 0 Å². The predicted molar refractivity (Wildman–Crippen MR) is 60.6 cm³/mol. The van der Waals surface area contributed by atoms with E-state index in [4.69, 9.17) is 4.74 Å². The van der Waals surface area contributed by atoms with E-state index >= 15 is 0 Å². The Morgan fingerprint density at radius 1 is 1.27 bits per heavy atom. The third-order valence-corrected chi connectivity index (χ3v) is 2.72. The van der Waals surface area contributed by atoms with Crippen LogP contribution in [0.5, 0.6) is 0 Å². The fourth-order valence-electron chi connectivity index (χ4n) is 2.02. The summed E-state index contributed by atoms with van der Waals surface area (Å²) in [6.45, 7) is 5.51. The summed E-state index contributed by atoms with van der Waals surface area (Å²) in [6, 6.07) is 10.3. The van der Waals surface area contributed by atoms with Crippen molar-refractivity contribution < 1.29 is 4.74 Å². The number of ether oxygens (including phenoxy) is 1. The minimum Gasteiger partial charge on any atom is -0.355 e. The van der Waals surface area contributed by atoms with Crippen molar-refractivity contribution >= 4 is 0 Å². The molecule has 1 heterocycles. The Hall–Kier alpha value is -0.900. The first-order valence-corrected chi connectivity index (χ1v) is 5.52. The molecule has 0 spiro atoms. The molecular weight excluding hydrogens is 188 g/mol. The fourth-order valence-corrected chi connectivity index (χ4v) is 2.02. The van der Waals surface area contributed by atoms with Gasteiger partial charge in [-0.25, -0.2) is 0 Å². The molecule has 0 saturated carbocycles. The maximum Gasteiger partial charge on any atom is 0.157 e. The number of hydrogen-bond acceptors (Lipinski definition) is 3. The molecule has 1 aliphatic rings. The van der Waals surface area contributed by atoms with E-state index in [1.165, 1.54) is 5.56 Å². The highest BCUT2D eigenvalue weighted by Gasteiger charge is 2.33. The van der Waals surface area contributed by atoms with E-state index in [1.807, 2.05) is 25.1 Å². The summed E-state index contributed by atoms with van der Waals surface area (Å²) in [4.78, 5) is 0. The zero-order chi connectivity index (χ0) is 10.6. The molecule has 1 aromatic rings. The lowest BCUT2D eigenvalue weighted by Crippen LogP contribution is -2.58. The van der Waals surface area contributed by atoms with E-state index in [2.05, 4.69) is 22.8 Å². The molecule has 1 unspecified atom stereocenters. The van der Waals surface area contributed by atoms with Gasteiger partial charge < -0.3 is 10.1 Å². The van der Waals surface area contributed by atoms with Gasteiger partial charge in [0.2, 0.25) is 0 Å². The van der Waals surface area contributed by atoms with Crippen LogP contribution in [0.15, 0.2) is 30.3 Å². The minimum absolute atomic E-state index is 0.339. The summed E-state index contributed by atoms with van der Waals surface area (Å²) in [7, 11) is 0. The lowest BCUT2D eigenvalue weighted by atomic mass is 10.0. The lowest BCUT2D eigenvalue weighted by Gasteiger charge is -2.38. The van der Waals surface area contributed by atoms with Gasteiger partial charge in [0, 0.05) is 26.2 Å². The van der Waals surface area contributed by atoms with Gasteiger partial charge in [-0.05, 0) is 12.5 Å². The molecule has 0 aliphatic carbocycles. The number of benzene rings is 1. The van der Waals surface area contributed by atoms with E-state index in [0.717, 1.165) is 19.6 Å². The standard InChI is InChI=1S/C12H18N2O/c1-2-15-12(10-13-8-9-14-12)11-6-4-3-5-7-11/h3-7,13-14H,2,8-10H2,1H3. The highest BCUT2D eigenvalue weighted by atomic mass is 16.5. The van der Waals surface area contributed by atoms with Crippen molar-refractivity contribution in [1.29, 1.82) is 0 Å². The Labute approximate surface area is 90.8 Å². The first-order valence-electron chi connectivity index (χ1n) is 5.52. The molecule has 3 nitrogen and oxygen atoms in total. The number of rotatable bonds is 3. The van der Waals surface area contributed by atoms with Gasteiger partial charge in [0.05, 0.1) is 0 Å². The number of hydrogen-bond donors (Lipinski definition) is 2. The first kappa shape index (κ1) is 10.6. The minimum atomic E-state index is -0.339. The number of nitrogens with one attached hydrogen (secondary N) is 2. The van der Waals surface area contributed by atoms with E-state index in [0.29, 0.717) is 6.61 Å². The van der Waals surface area contributed by atoms with Gasteiger partial charge in [-0.3, -0.25) is 5.32 Å². The van der Waals surface area contributed by atoms with Crippen molar-refractivity contribution in [2.45, 2.75) is 12.6 Å². The van der Waals surface area contributed by atoms with Gasteiger partial charge in [0.15, 0.2) is 5.72 Å². The quantitative estimate of drug-likeness (QED) is 0.776. The fraction of sp³-hybridized carbons (Fsp3) is 0.500. The third kappa shape index (κ3) is 2.20. The normalized spacial score (nSPS) is 26.5. The highest BCUT2D eigenvalue weighted by molar-refractivity contribution is 5.23. The molecule has 0 amide bonds. The summed E-state index contributed by atoms with van der Waals surface area (Å²) >= 11 is 0. The van der Waals surface area contributed by atoms with Crippen molar-refractivity contribution in [2.75, 3.05) is 26.2 Å². The summed E-state index contributed by atoms with van der Waals surface area (Å²) < 4.78 is 5.88. The molecular formula is C12H18N2O. The Balaban J connectivity index is 2.25. The summed E-state index contributed by atoms with van der Waals surface area (Å²) in [5.74, 6) is 0. The Morgan fingerprint density at radius 3 is 2.67 bits per heavy atom. The Bertz CT molecular complexity index is 288. The van der Waals surface area contributed by atoms with Crippen LogP contribution in [0.4, 0.5) is 0 Å². The lowest BCUT2D eigenvalue weighted by molar-refractivity contribution is -0.0787. The van der Waals surface area contributed by atoms with Gasteiger partial charge in [0.25, 0.3) is 0 Å². The van der Waals surface area contributed by atoms with Crippen molar-refractivity contribution in [1.82, 2.24) is 10.6 Å². The van der Waals surface area contributed by atoms with Crippen molar-refractivity contribution in [3.63, 3.8) is 0 Å². The molecule has 0 aromatic heterocycles. The maximum atomic E-state index is 5.88. The third-order valence-electron chi connectivity index (χ3n) is 2.72. The van der Waals surface area contributed by atoms with Crippen molar-refractivity contribution in [3.05, 3.63) is 35.9 Å². The Kier molecular flexibility index (Phi) is 3.36. The monoisotopic (exact) mass is 206 g/mol. The predicted octanol–water partition coefficient (Wildman–Crippen LogP) is 1.07. The molecule has 0 radical (unpaired) electrons. The summed E-state index contributed by atoms with van der Waals surface area (Å²) in [5.41, 5.74) is 0.855. The van der Waals surface area contributed by atoms with E-state index < -0.39 is 0 Å². The zero-order valence-corrected chi connectivity index (χ0v) is 9.12. The smallest absolute Gasteiger partial charge is 0.157 e. The van der Waals surface area contributed by atoms with Crippen LogP contribution >= 0.6 is 0 Å². The average molecular weight is 206 g/mol. The molecule has 3 heteroatoms. The second-order valence-corrected chi connectivity index (χ2v) is 3.73. The molecule has 1 saturated heterocycles. The molecule has 15 heavy (non-hydrogen) atoms. The van der Waals surface area contributed by atoms with Gasteiger partial charge >= 0.3 is 0 Å². The summed E-state index contributed by atoms with van der Waals surface area (Å²) in [6.07, 6.45) is 0. The van der Waals surface area contributed by atoms with Crippen LogP contribution in [0, 0.1) is 0 Å². The Morgan fingerprint density at radius 2 is 2.07 bits per heavy atom. The first-order chi connectivity index (χ1) is 7.37. The molecule has 2 N–H and O–H groups in total. The highest BCUT2D eigenvalue weighted by Crippen LogP contribution is 2.23. The molecule has 0 bridgehead atoms. The molecule has 1 atom stereocenters. The van der Waals surface area contributed by atoms with Crippen molar-refractivity contribution in [3.8, 4) is 0 Å². The van der Waals surface area contributed by atoms with Crippen LogP contribution in [0.3, 0.4) is 0 Å². The number of piperazine rings is 1. The molecule has 1 aromatic carbocycles. The van der Waals surface area contributed by atoms with Gasteiger partial charge in [0.1, 0.15) is 0 Å². The van der Waals surface area contributed by atoms with E-state index in [1.54, 1.807) is 0 Å². The van der Waals surface area contributed by atoms with Gasteiger partial charge in [-0.2, -0.15) is 0 Å². The average Bonchev–Trinajstić information content (AvgIpc) is 2.32. The van der Waals surface area contributed by atoms with Gasteiger partial charge in [-0.15, -0.1) is 0 Å². The van der Waals surface area contributed by atoms with Crippen molar-refractivity contribution in [2.24, 2.45) is 0 Å². The molecule has 1 fully saturated rings. The van der Waals surface area contributed by atoms with Crippen LogP contribution in [-0.4, -0.2) is 26.2 Å². The van der Waals surface area contributed by atoms with Crippen LogP contribution in [-0.2, 0) is 10.5 Å². The second-order valence-electron chi connectivity index (χ2n) is 3.73. The topological polar surface area (TPSA) is 33.3 Å². The van der Waals surface area contributed by atoms with Crippen LogP contribution < -0.4 is 10.6 Å². The maximum absolute atomic E-state index is 5.88. The van der Waals surface area contributed by atoms with E-state index in [-0.39, 0.29) is 5.72 Å². The van der Waals surface area contributed by atoms with E-state index in [9.17, 15) is 0 Å². The molecule has 1 aliphatic heterocycles.